The van der Waals surface area contributed by atoms with Gasteiger partial charge < -0.3 is 4.98 Å². The average molecular weight is 193 g/mol. The van der Waals surface area contributed by atoms with Gasteiger partial charge in [-0.1, -0.05) is 17.7 Å². The minimum Gasteiger partial charge on any atom is -0.346 e. The van der Waals surface area contributed by atoms with Gasteiger partial charge in [-0.15, -0.1) is 6.58 Å². The third-order valence-electron chi connectivity index (χ3n) is 1.96. The molecule has 1 N–H and O–H groups in total. The van der Waals surface area contributed by atoms with Crippen LogP contribution in [0.2, 0.25) is 5.02 Å². The van der Waals surface area contributed by atoms with Crippen molar-refractivity contribution in [2.75, 3.05) is 0 Å². The summed E-state index contributed by atoms with van der Waals surface area (Å²) in [5.41, 5.74) is 1.85. The lowest BCUT2D eigenvalue weighted by molar-refractivity contribution is 1.21. The Balaban J connectivity index is 2.65. The van der Waals surface area contributed by atoms with E-state index in [2.05, 4.69) is 16.5 Å². The third kappa shape index (κ3) is 1.33. The van der Waals surface area contributed by atoms with E-state index in [0.717, 1.165) is 28.0 Å². The highest BCUT2D eigenvalue weighted by molar-refractivity contribution is 6.36. The van der Waals surface area contributed by atoms with Crippen molar-refractivity contribution in [3.63, 3.8) is 0 Å². The number of hydrogen-bond donors (Lipinski definition) is 1. The molecule has 66 valence electrons. The van der Waals surface area contributed by atoms with Gasteiger partial charge in [-0.2, -0.15) is 0 Å². The van der Waals surface area contributed by atoms with Gasteiger partial charge in [0.1, 0.15) is 5.65 Å². The minimum atomic E-state index is 0.757. The fourth-order valence-corrected chi connectivity index (χ4v) is 1.59. The Morgan fingerprint density at radius 2 is 2.46 bits per heavy atom. The number of nitrogens with zero attached hydrogens (tertiary/aromatic N) is 1. The zero-order valence-corrected chi connectivity index (χ0v) is 7.80. The van der Waals surface area contributed by atoms with Gasteiger partial charge >= 0.3 is 0 Å². The van der Waals surface area contributed by atoms with Crippen molar-refractivity contribution in [1.29, 1.82) is 0 Å². The molecule has 0 saturated heterocycles. The molecule has 0 aliphatic rings. The molecule has 0 aromatic carbocycles. The number of nitrogens with one attached hydrogen (secondary N) is 1. The summed E-state index contributed by atoms with van der Waals surface area (Å²) in [5, 5.41) is 1.74. The van der Waals surface area contributed by atoms with E-state index in [1.54, 1.807) is 6.20 Å². The maximum atomic E-state index is 6.15. The number of hydrogen-bond acceptors (Lipinski definition) is 1. The van der Waals surface area contributed by atoms with Gasteiger partial charge in [-0.25, -0.2) is 4.98 Å². The van der Waals surface area contributed by atoms with Gasteiger partial charge in [-0.3, -0.25) is 0 Å². The molecular formula is C10H9ClN2. The third-order valence-corrected chi connectivity index (χ3v) is 2.40. The summed E-state index contributed by atoms with van der Waals surface area (Å²) in [5.74, 6) is 0. The van der Waals surface area contributed by atoms with Crippen LogP contribution in [-0.2, 0) is 6.42 Å². The molecule has 0 bridgehead atoms. The minimum absolute atomic E-state index is 0.757. The first-order valence-corrected chi connectivity index (χ1v) is 4.42. The Morgan fingerprint density at radius 1 is 1.62 bits per heavy atom. The summed E-state index contributed by atoms with van der Waals surface area (Å²) in [4.78, 5) is 7.24. The van der Waals surface area contributed by atoms with E-state index in [4.69, 9.17) is 11.6 Å². The molecule has 0 spiro atoms. The first kappa shape index (κ1) is 8.32. The second-order valence-electron chi connectivity index (χ2n) is 2.83. The summed E-state index contributed by atoms with van der Waals surface area (Å²) in [6.07, 6.45) is 6.19. The second kappa shape index (κ2) is 3.23. The van der Waals surface area contributed by atoms with Crippen LogP contribution in [0.15, 0.2) is 31.1 Å². The Labute approximate surface area is 81.3 Å². The van der Waals surface area contributed by atoms with Crippen molar-refractivity contribution in [3.05, 3.63) is 41.7 Å². The SMILES string of the molecule is C=CCc1cnc2[nH]ccc2c1Cl. The average Bonchev–Trinajstić information content (AvgIpc) is 2.58. The standard InChI is InChI=1S/C10H9ClN2/c1-2-3-7-6-13-10-8(9(7)11)4-5-12-10/h2,4-6H,1,3H2,(H,12,13). The molecule has 0 amide bonds. The molecule has 0 aliphatic heterocycles. The monoisotopic (exact) mass is 192 g/mol. The van der Waals surface area contributed by atoms with Gasteiger partial charge in [0.15, 0.2) is 0 Å². The number of halogens is 1. The lowest BCUT2D eigenvalue weighted by Crippen LogP contribution is -1.86. The first-order chi connectivity index (χ1) is 6.33. The Morgan fingerprint density at radius 3 is 3.23 bits per heavy atom. The van der Waals surface area contributed by atoms with Crippen LogP contribution in [0.25, 0.3) is 11.0 Å². The van der Waals surface area contributed by atoms with E-state index in [1.807, 2.05) is 18.3 Å². The summed E-state index contributed by atoms with van der Waals surface area (Å²) in [6, 6.07) is 1.93. The summed E-state index contributed by atoms with van der Waals surface area (Å²) >= 11 is 6.15. The molecule has 0 atom stereocenters. The van der Waals surface area contributed by atoms with Crippen LogP contribution in [0.3, 0.4) is 0 Å². The molecule has 13 heavy (non-hydrogen) atoms. The zero-order chi connectivity index (χ0) is 9.26. The largest absolute Gasteiger partial charge is 0.346 e. The Bertz CT molecular complexity index is 445. The number of H-pyrrole nitrogens is 1. The van der Waals surface area contributed by atoms with Gasteiger partial charge in [0.05, 0.1) is 5.02 Å². The maximum absolute atomic E-state index is 6.15. The molecule has 2 heterocycles. The van der Waals surface area contributed by atoms with Gasteiger partial charge in [0.2, 0.25) is 0 Å². The van der Waals surface area contributed by atoms with Crippen LogP contribution in [0.4, 0.5) is 0 Å². The normalized spacial score (nSPS) is 10.5. The van der Waals surface area contributed by atoms with Crippen molar-refractivity contribution < 1.29 is 0 Å². The van der Waals surface area contributed by atoms with Crippen LogP contribution in [0.5, 0.6) is 0 Å². The van der Waals surface area contributed by atoms with E-state index in [0.29, 0.717) is 0 Å². The van der Waals surface area contributed by atoms with Crippen LogP contribution in [0, 0.1) is 0 Å². The van der Waals surface area contributed by atoms with Crippen molar-refractivity contribution in [2.24, 2.45) is 0 Å². The maximum Gasteiger partial charge on any atom is 0.138 e. The van der Waals surface area contributed by atoms with Crippen LogP contribution >= 0.6 is 11.6 Å². The number of rotatable bonds is 2. The highest BCUT2D eigenvalue weighted by atomic mass is 35.5. The van der Waals surface area contributed by atoms with E-state index < -0.39 is 0 Å². The molecule has 2 nitrogen and oxygen atoms in total. The molecular weight excluding hydrogens is 184 g/mol. The molecule has 0 aliphatic carbocycles. The molecule has 2 rings (SSSR count). The number of pyridine rings is 1. The molecule has 3 heteroatoms. The molecule has 0 saturated carbocycles. The topological polar surface area (TPSA) is 28.7 Å². The lowest BCUT2D eigenvalue weighted by Gasteiger charge is -2.00. The number of allylic oxidation sites excluding steroid dienone is 1. The number of aromatic amines is 1. The Kier molecular flexibility index (Phi) is 2.07. The van der Waals surface area contributed by atoms with Gasteiger partial charge in [-0.05, 0) is 18.1 Å². The highest BCUT2D eigenvalue weighted by Gasteiger charge is 2.05. The fourth-order valence-electron chi connectivity index (χ4n) is 1.31. The van der Waals surface area contributed by atoms with E-state index in [9.17, 15) is 0 Å². The van der Waals surface area contributed by atoms with Crippen LogP contribution < -0.4 is 0 Å². The van der Waals surface area contributed by atoms with Gasteiger partial charge in [0, 0.05) is 17.8 Å². The van der Waals surface area contributed by atoms with Crippen molar-refractivity contribution in [1.82, 2.24) is 9.97 Å². The first-order valence-electron chi connectivity index (χ1n) is 4.04. The Hall–Kier alpha value is -1.28. The van der Waals surface area contributed by atoms with E-state index >= 15 is 0 Å². The molecule has 0 unspecified atom stereocenters. The summed E-state index contributed by atoms with van der Waals surface area (Å²) in [7, 11) is 0. The van der Waals surface area contributed by atoms with Gasteiger partial charge in [0.25, 0.3) is 0 Å². The predicted octanol–water partition coefficient (Wildman–Crippen LogP) is 2.94. The lowest BCUT2D eigenvalue weighted by atomic mass is 10.2. The second-order valence-corrected chi connectivity index (χ2v) is 3.21. The van der Waals surface area contributed by atoms with Crippen molar-refractivity contribution >= 4 is 22.6 Å². The van der Waals surface area contributed by atoms with Crippen LogP contribution in [-0.4, -0.2) is 9.97 Å². The quantitative estimate of drug-likeness (QED) is 0.729. The van der Waals surface area contributed by atoms with Crippen LogP contribution in [0.1, 0.15) is 5.56 Å². The molecule has 0 fully saturated rings. The van der Waals surface area contributed by atoms with E-state index in [-0.39, 0.29) is 0 Å². The number of aromatic nitrogens is 2. The van der Waals surface area contributed by atoms with E-state index in [1.165, 1.54) is 0 Å². The predicted molar refractivity (Wildman–Crippen MR) is 55.0 cm³/mol. The zero-order valence-electron chi connectivity index (χ0n) is 7.05. The number of fused-ring (bicyclic) bond motifs is 1. The molecule has 0 radical (unpaired) electrons. The fraction of sp³-hybridized carbons (Fsp3) is 0.100. The highest BCUT2D eigenvalue weighted by Crippen LogP contribution is 2.25. The van der Waals surface area contributed by atoms with Crippen molar-refractivity contribution in [2.45, 2.75) is 6.42 Å². The molecule has 2 aromatic heterocycles. The smallest absolute Gasteiger partial charge is 0.138 e. The summed E-state index contributed by atoms with van der Waals surface area (Å²) < 4.78 is 0. The summed E-state index contributed by atoms with van der Waals surface area (Å²) in [6.45, 7) is 3.67. The molecule has 2 aromatic rings. The van der Waals surface area contributed by atoms with Crippen molar-refractivity contribution in [3.8, 4) is 0 Å².